The van der Waals surface area contributed by atoms with E-state index in [1.807, 2.05) is 49.4 Å². The van der Waals surface area contributed by atoms with Crippen LogP contribution in [0.4, 0.5) is 0 Å². The average Bonchev–Trinajstić information content (AvgIpc) is 2.33. The first-order valence-corrected chi connectivity index (χ1v) is 5.03. The summed E-state index contributed by atoms with van der Waals surface area (Å²) in [5.74, 6) is 0.759. The molecule has 0 atom stereocenters. The number of aryl methyl sites for hydroxylation is 1. The van der Waals surface area contributed by atoms with Crippen LogP contribution in [-0.2, 0) is 0 Å². The van der Waals surface area contributed by atoms with Gasteiger partial charge in [-0.1, -0.05) is 29.4 Å². The Bertz CT molecular complexity index is 480. The normalized spacial score (nSPS) is 10.6. The summed E-state index contributed by atoms with van der Waals surface area (Å²) >= 11 is 0. The van der Waals surface area contributed by atoms with E-state index in [1.54, 1.807) is 12.4 Å². The van der Waals surface area contributed by atoms with Crippen LogP contribution in [-0.4, -0.2) is 11.2 Å². The van der Waals surface area contributed by atoms with Gasteiger partial charge in [-0.25, -0.2) is 0 Å². The minimum Gasteiger partial charge on any atom is -0.357 e. The molecule has 0 spiro atoms. The first-order valence-electron chi connectivity index (χ1n) is 5.03. The molecule has 1 aromatic heterocycles. The predicted octanol–water partition coefficient (Wildman–Crippen LogP) is 2.80. The van der Waals surface area contributed by atoms with Gasteiger partial charge in [-0.15, -0.1) is 0 Å². The summed E-state index contributed by atoms with van der Waals surface area (Å²) in [6.45, 7) is 1.98. The number of aromatic nitrogens is 1. The van der Waals surface area contributed by atoms with Crippen LogP contribution in [0.3, 0.4) is 0 Å². The van der Waals surface area contributed by atoms with Gasteiger partial charge < -0.3 is 4.84 Å². The highest BCUT2D eigenvalue weighted by atomic mass is 16.6. The van der Waals surface area contributed by atoms with Crippen LogP contribution >= 0.6 is 0 Å². The summed E-state index contributed by atoms with van der Waals surface area (Å²) in [5, 5.41) is 3.89. The van der Waals surface area contributed by atoms with E-state index in [1.165, 1.54) is 0 Å². The second kappa shape index (κ2) is 5.07. The summed E-state index contributed by atoms with van der Waals surface area (Å²) in [4.78, 5) is 9.37. The van der Waals surface area contributed by atoms with Gasteiger partial charge in [-0.3, -0.25) is 4.98 Å². The average molecular weight is 212 g/mol. The Morgan fingerprint density at radius 2 is 1.94 bits per heavy atom. The molecule has 1 aromatic carbocycles. The fourth-order valence-electron chi connectivity index (χ4n) is 1.25. The van der Waals surface area contributed by atoms with Gasteiger partial charge in [0, 0.05) is 6.20 Å². The highest BCUT2D eigenvalue weighted by Gasteiger charge is 1.95. The third-order valence-electron chi connectivity index (χ3n) is 2.12. The lowest BCUT2D eigenvalue weighted by molar-refractivity contribution is 0.341. The molecule has 0 aliphatic rings. The van der Waals surface area contributed by atoms with Gasteiger partial charge in [-0.2, -0.15) is 0 Å². The summed E-state index contributed by atoms with van der Waals surface area (Å²) in [7, 11) is 0. The third-order valence-corrected chi connectivity index (χ3v) is 2.12. The van der Waals surface area contributed by atoms with Crippen molar-refractivity contribution in [1.82, 2.24) is 4.98 Å². The molecule has 0 aliphatic carbocycles. The topological polar surface area (TPSA) is 34.5 Å². The molecular formula is C13H12N2O. The van der Waals surface area contributed by atoms with Crippen molar-refractivity contribution in [3.05, 3.63) is 59.9 Å². The lowest BCUT2D eigenvalue weighted by Gasteiger charge is -2.00. The number of nitrogens with zero attached hydrogens (tertiary/aromatic N) is 2. The molecule has 80 valence electrons. The van der Waals surface area contributed by atoms with E-state index in [4.69, 9.17) is 4.84 Å². The van der Waals surface area contributed by atoms with E-state index in [2.05, 4.69) is 10.1 Å². The van der Waals surface area contributed by atoms with Gasteiger partial charge in [0.05, 0.1) is 11.9 Å². The molecule has 0 unspecified atom stereocenters. The van der Waals surface area contributed by atoms with E-state index in [0.717, 1.165) is 17.0 Å². The van der Waals surface area contributed by atoms with E-state index in [9.17, 15) is 0 Å². The molecule has 0 saturated carbocycles. The van der Waals surface area contributed by atoms with Crippen LogP contribution in [0.2, 0.25) is 0 Å². The van der Waals surface area contributed by atoms with Crippen molar-refractivity contribution in [2.75, 3.05) is 0 Å². The molecule has 16 heavy (non-hydrogen) atoms. The minimum atomic E-state index is 0.759. The van der Waals surface area contributed by atoms with Crippen molar-refractivity contribution < 1.29 is 4.84 Å². The largest absolute Gasteiger partial charge is 0.357 e. The molecule has 1 heterocycles. The quantitative estimate of drug-likeness (QED) is 0.579. The van der Waals surface area contributed by atoms with Crippen molar-refractivity contribution in [3.8, 4) is 5.75 Å². The molecule has 3 nitrogen and oxygen atoms in total. The van der Waals surface area contributed by atoms with Crippen molar-refractivity contribution in [1.29, 1.82) is 0 Å². The Labute approximate surface area is 94.4 Å². The molecule has 2 aromatic rings. The fraction of sp³-hybridized carbons (Fsp3) is 0.0769. The number of pyridine rings is 1. The lowest BCUT2D eigenvalue weighted by atomic mass is 10.2. The smallest absolute Gasteiger partial charge is 0.160 e. The first-order chi connectivity index (χ1) is 7.86. The number of para-hydroxylation sites is 1. The standard InChI is InChI=1S/C13H12N2O/c1-11-6-2-3-8-13(11)16-15-10-12-7-4-5-9-14-12/h2-10H,1H3/b15-10+. The number of hydrogen-bond donors (Lipinski definition) is 0. The zero-order chi connectivity index (χ0) is 11.2. The van der Waals surface area contributed by atoms with Crippen LogP contribution in [0.25, 0.3) is 0 Å². The van der Waals surface area contributed by atoms with Gasteiger partial charge in [0.15, 0.2) is 5.75 Å². The van der Waals surface area contributed by atoms with Crippen LogP contribution in [0.1, 0.15) is 11.3 Å². The monoisotopic (exact) mass is 212 g/mol. The maximum Gasteiger partial charge on any atom is 0.160 e. The molecule has 3 heteroatoms. The second-order valence-electron chi connectivity index (χ2n) is 3.35. The van der Waals surface area contributed by atoms with Crippen molar-refractivity contribution in [2.45, 2.75) is 6.92 Å². The Morgan fingerprint density at radius 3 is 2.69 bits per heavy atom. The Kier molecular flexibility index (Phi) is 3.28. The molecular weight excluding hydrogens is 200 g/mol. The van der Waals surface area contributed by atoms with Crippen molar-refractivity contribution in [2.24, 2.45) is 5.16 Å². The second-order valence-corrected chi connectivity index (χ2v) is 3.35. The van der Waals surface area contributed by atoms with Gasteiger partial charge in [0.2, 0.25) is 0 Å². The Balaban J connectivity index is 2.03. The molecule has 0 radical (unpaired) electrons. The van der Waals surface area contributed by atoms with E-state index >= 15 is 0 Å². The Morgan fingerprint density at radius 1 is 1.12 bits per heavy atom. The summed E-state index contributed by atoms with van der Waals surface area (Å²) in [6, 6.07) is 13.4. The number of hydrogen-bond acceptors (Lipinski definition) is 3. The summed E-state index contributed by atoms with van der Waals surface area (Å²) in [6.07, 6.45) is 3.31. The number of rotatable bonds is 3. The zero-order valence-electron chi connectivity index (χ0n) is 9.00. The third kappa shape index (κ3) is 2.67. The maximum absolute atomic E-state index is 5.27. The lowest BCUT2D eigenvalue weighted by Crippen LogP contribution is -1.90. The Hall–Kier alpha value is -2.16. The maximum atomic E-state index is 5.27. The highest BCUT2D eigenvalue weighted by molar-refractivity contribution is 5.76. The van der Waals surface area contributed by atoms with Crippen LogP contribution < -0.4 is 4.84 Å². The molecule has 2 rings (SSSR count). The van der Waals surface area contributed by atoms with E-state index in [0.29, 0.717) is 0 Å². The van der Waals surface area contributed by atoms with Crippen molar-refractivity contribution >= 4 is 6.21 Å². The van der Waals surface area contributed by atoms with E-state index in [-0.39, 0.29) is 0 Å². The first kappa shape index (κ1) is 10.4. The molecule has 0 aliphatic heterocycles. The van der Waals surface area contributed by atoms with Crippen LogP contribution in [0, 0.1) is 6.92 Å². The number of benzene rings is 1. The van der Waals surface area contributed by atoms with Gasteiger partial charge in [0.1, 0.15) is 0 Å². The molecule has 0 amide bonds. The molecule has 0 bridgehead atoms. The predicted molar refractivity (Wildman–Crippen MR) is 63.6 cm³/mol. The van der Waals surface area contributed by atoms with Gasteiger partial charge in [-0.05, 0) is 30.7 Å². The molecule has 0 saturated heterocycles. The van der Waals surface area contributed by atoms with E-state index < -0.39 is 0 Å². The zero-order valence-corrected chi connectivity index (χ0v) is 9.00. The minimum absolute atomic E-state index is 0.759. The van der Waals surface area contributed by atoms with Crippen LogP contribution in [0.15, 0.2) is 53.8 Å². The fourth-order valence-corrected chi connectivity index (χ4v) is 1.25. The van der Waals surface area contributed by atoms with Gasteiger partial charge in [0.25, 0.3) is 0 Å². The summed E-state index contributed by atoms with van der Waals surface area (Å²) in [5.41, 5.74) is 1.83. The summed E-state index contributed by atoms with van der Waals surface area (Å²) < 4.78 is 0. The van der Waals surface area contributed by atoms with Crippen LogP contribution in [0.5, 0.6) is 5.75 Å². The highest BCUT2D eigenvalue weighted by Crippen LogP contribution is 2.15. The number of oxime groups is 1. The van der Waals surface area contributed by atoms with Crippen molar-refractivity contribution in [3.63, 3.8) is 0 Å². The molecule has 0 fully saturated rings. The molecule has 0 N–H and O–H groups in total. The van der Waals surface area contributed by atoms with Gasteiger partial charge >= 0.3 is 0 Å². The SMILES string of the molecule is Cc1ccccc1O/N=C/c1ccccn1.